The Morgan fingerprint density at radius 2 is 1.95 bits per heavy atom. The largest absolute Gasteiger partial charge is 0.480 e. The lowest BCUT2D eigenvalue weighted by molar-refractivity contribution is -0.144. The van der Waals surface area contributed by atoms with E-state index >= 15 is 0 Å². The summed E-state index contributed by atoms with van der Waals surface area (Å²) in [7, 11) is 0. The number of rotatable bonds is 5. The third-order valence-electron chi connectivity index (χ3n) is 4.11. The molecule has 0 aromatic rings. The molecule has 1 aliphatic heterocycles. The molecule has 116 valence electrons. The van der Waals surface area contributed by atoms with E-state index in [0.717, 1.165) is 12.8 Å². The van der Waals surface area contributed by atoms with E-state index in [0.29, 0.717) is 25.9 Å². The van der Waals surface area contributed by atoms with Crippen molar-refractivity contribution in [2.24, 2.45) is 5.92 Å². The number of likely N-dealkylation sites (tertiary alicyclic amines) is 1. The first-order valence-corrected chi connectivity index (χ1v) is 7.28. The van der Waals surface area contributed by atoms with E-state index in [2.05, 4.69) is 5.32 Å². The van der Waals surface area contributed by atoms with Crippen molar-refractivity contribution in [1.82, 2.24) is 10.2 Å². The van der Waals surface area contributed by atoms with Gasteiger partial charge in [0.25, 0.3) is 0 Å². The van der Waals surface area contributed by atoms with Gasteiger partial charge < -0.3 is 20.4 Å². The zero-order valence-electron chi connectivity index (χ0n) is 12.6. The molecular formula is C14H26N2O4. The SMILES string of the molecule is CCCC(C)(NC(=O)N1CCC(C(C)O)CC1)C(=O)O. The van der Waals surface area contributed by atoms with E-state index in [1.807, 2.05) is 6.92 Å². The van der Waals surface area contributed by atoms with Crippen LogP contribution in [0.2, 0.25) is 0 Å². The van der Waals surface area contributed by atoms with Crippen LogP contribution in [0.4, 0.5) is 4.79 Å². The molecule has 20 heavy (non-hydrogen) atoms. The Kier molecular flexibility index (Phi) is 5.80. The van der Waals surface area contributed by atoms with E-state index in [1.54, 1.807) is 18.7 Å². The molecule has 0 aromatic heterocycles. The lowest BCUT2D eigenvalue weighted by Crippen LogP contribution is -2.57. The second-order valence-electron chi connectivity index (χ2n) is 5.88. The van der Waals surface area contributed by atoms with Crippen molar-refractivity contribution in [1.29, 1.82) is 0 Å². The second kappa shape index (κ2) is 6.92. The summed E-state index contributed by atoms with van der Waals surface area (Å²) in [5.41, 5.74) is -1.22. The highest BCUT2D eigenvalue weighted by Gasteiger charge is 2.36. The first-order chi connectivity index (χ1) is 9.30. The molecule has 6 nitrogen and oxygen atoms in total. The van der Waals surface area contributed by atoms with Crippen molar-refractivity contribution in [2.75, 3.05) is 13.1 Å². The van der Waals surface area contributed by atoms with E-state index < -0.39 is 11.5 Å². The fourth-order valence-corrected chi connectivity index (χ4v) is 2.62. The minimum atomic E-state index is -1.22. The Morgan fingerprint density at radius 3 is 2.35 bits per heavy atom. The molecule has 2 amide bonds. The Morgan fingerprint density at radius 1 is 1.40 bits per heavy atom. The molecule has 6 heteroatoms. The minimum Gasteiger partial charge on any atom is -0.480 e. The van der Waals surface area contributed by atoms with Crippen LogP contribution in [-0.4, -0.2) is 51.8 Å². The Hall–Kier alpha value is -1.30. The van der Waals surface area contributed by atoms with E-state index in [9.17, 15) is 19.8 Å². The van der Waals surface area contributed by atoms with Gasteiger partial charge in [-0.15, -0.1) is 0 Å². The predicted octanol–water partition coefficient (Wildman–Crippen LogP) is 1.43. The molecule has 1 fully saturated rings. The van der Waals surface area contributed by atoms with Crippen LogP contribution in [-0.2, 0) is 4.79 Å². The average molecular weight is 286 g/mol. The number of amides is 2. The van der Waals surface area contributed by atoms with Crippen LogP contribution in [0, 0.1) is 5.92 Å². The topological polar surface area (TPSA) is 89.9 Å². The van der Waals surface area contributed by atoms with Crippen LogP contribution in [0.15, 0.2) is 0 Å². The van der Waals surface area contributed by atoms with Crippen molar-refractivity contribution >= 4 is 12.0 Å². The lowest BCUT2D eigenvalue weighted by Gasteiger charge is -2.35. The molecule has 3 N–H and O–H groups in total. The molecule has 0 bridgehead atoms. The molecule has 0 aromatic carbocycles. The van der Waals surface area contributed by atoms with Crippen LogP contribution in [0.5, 0.6) is 0 Å². The van der Waals surface area contributed by atoms with Crippen LogP contribution in [0.1, 0.15) is 46.5 Å². The van der Waals surface area contributed by atoms with Gasteiger partial charge in [0.15, 0.2) is 0 Å². The molecule has 1 aliphatic rings. The summed E-state index contributed by atoms with van der Waals surface area (Å²) in [4.78, 5) is 25.1. The van der Waals surface area contributed by atoms with Gasteiger partial charge in [-0.3, -0.25) is 0 Å². The van der Waals surface area contributed by atoms with E-state index in [1.165, 1.54) is 0 Å². The summed E-state index contributed by atoms with van der Waals surface area (Å²) in [5, 5.41) is 21.4. The molecule has 1 saturated heterocycles. The molecule has 0 radical (unpaired) electrons. The van der Waals surface area contributed by atoms with Crippen molar-refractivity contribution in [3.05, 3.63) is 0 Å². The van der Waals surface area contributed by atoms with Crippen molar-refractivity contribution < 1.29 is 19.8 Å². The maximum Gasteiger partial charge on any atom is 0.329 e. The summed E-state index contributed by atoms with van der Waals surface area (Å²) in [5.74, 6) is -0.785. The van der Waals surface area contributed by atoms with Gasteiger partial charge in [0.1, 0.15) is 5.54 Å². The number of aliphatic carboxylic acids is 1. The molecule has 1 rings (SSSR count). The van der Waals surface area contributed by atoms with Crippen LogP contribution in [0.25, 0.3) is 0 Å². The quantitative estimate of drug-likeness (QED) is 0.713. The third kappa shape index (κ3) is 4.10. The van der Waals surface area contributed by atoms with Gasteiger partial charge in [-0.1, -0.05) is 13.3 Å². The number of carbonyl (C=O) groups excluding carboxylic acids is 1. The number of nitrogens with zero attached hydrogens (tertiary/aromatic N) is 1. The molecular weight excluding hydrogens is 260 g/mol. The van der Waals surface area contributed by atoms with Gasteiger partial charge >= 0.3 is 12.0 Å². The summed E-state index contributed by atoms with van der Waals surface area (Å²) < 4.78 is 0. The smallest absolute Gasteiger partial charge is 0.329 e. The number of aliphatic hydroxyl groups is 1. The van der Waals surface area contributed by atoms with Crippen molar-refractivity contribution in [2.45, 2.75) is 58.1 Å². The molecule has 2 atom stereocenters. The molecule has 0 aliphatic carbocycles. The van der Waals surface area contributed by atoms with Gasteiger partial charge in [0.2, 0.25) is 0 Å². The Balaban J connectivity index is 2.57. The van der Waals surface area contributed by atoms with Gasteiger partial charge in [0.05, 0.1) is 6.10 Å². The first-order valence-electron chi connectivity index (χ1n) is 7.28. The summed E-state index contributed by atoms with van der Waals surface area (Å²) in [6.45, 7) is 6.32. The highest BCUT2D eigenvalue weighted by Crippen LogP contribution is 2.21. The zero-order chi connectivity index (χ0) is 15.3. The number of aliphatic hydroxyl groups excluding tert-OH is 1. The number of hydrogen-bond acceptors (Lipinski definition) is 3. The maximum absolute atomic E-state index is 12.2. The highest BCUT2D eigenvalue weighted by atomic mass is 16.4. The first kappa shape index (κ1) is 16.8. The summed E-state index contributed by atoms with van der Waals surface area (Å²) >= 11 is 0. The lowest BCUT2D eigenvalue weighted by atomic mass is 9.92. The van der Waals surface area contributed by atoms with Crippen LogP contribution >= 0.6 is 0 Å². The number of piperidine rings is 1. The fourth-order valence-electron chi connectivity index (χ4n) is 2.62. The number of carbonyl (C=O) groups is 2. The highest BCUT2D eigenvalue weighted by molar-refractivity contribution is 5.85. The van der Waals surface area contributed by atoms with Gasteiger partial charge in [-0.25, -0.2) is 9.59 Å². The van der Waals surface area contributed by atoms with E-state index in [-0.39, 0.29) is 18.1 Å². The Labute approximate surface area is 120 Å². The van der Waals surface area contributed by atoms with Gasteiger partial charge in [-0.2, -0.15) is 0 Å². The number of urea groups is 1. The Bertz CT molecular complexity index is 351. The predicted molar refractivity (Wildman–Crippen MR) is 75.5 cm³/mol. The number of carboxylic acid groups (broad SMARTS) is 1. The molecule has 2 unspecified atom stereocenters. The normalized spacial score (nSPS) is 21.1. The van der Waals surface area contributed by atoms with Gasteiger partial charge in [-0.05, 0) is 39.0 Å². The monoisotopic (exact) mass is 286 g/mol. The molecule has 1 heterocycles. The van der Waals surface area contributed by atoms with Crippen LogP contribution in [0.3, 0.4) is 0 Å². The van der Waals surface area contributed by atoms with Crippen molar-refractivity contribution in [3.8, 4) is 0 Å². The number of nitrogens with one attached hydrogen (secondary N) is 1. The van der Waals surface area contributed by atoms with Crippen molar-refractivity contribution in [3.63, 3.8) is 0 Å². The average Bonchev–Trinajstić information content (AvgIpc) is 2.38. The standard InChI is InChI=1S/C14H26N2O4/c1-4-7-14(3,12(18)19)15-13(20)16-8-5-11(6-9-16)10(2)17/h10-11,17H,4-9H2,1-3H3,(H,15,20)(H,18,19). The van der Waals surface area contributed by atoms with Crippen LogP contribution < -0.4 is 5.32 Å². The summed E-state index contributed by atoms with van der Waals surface area (Å²) in [6, 6.07) is -0.326. The van der Waals surface area contributed by atoms with Gasteiger partial charge in [0, 0.05) is 13.1 Å². The second-order valence-corrected chi connectivity index (χ2v) is 5.88. The fraction of sp³-hybridized carbons (Fsp3) is 0.857. The molecule has 0 saturated carbocycles. The summed E-state index contributed by atoms with van der Waals surface area (Å²) in [6.07, 6.45) is 2.24. The molecule has 0 spiro atoms. The minimum absolute atomic E-state index is 0.223. The maximum atomic E-state index is 12.2. The number of carboxylic acids is 1. The number of hydrogen-bond donors (Lipinski definition) is 3. The third-order valence-corrected chi connectivity index (χ3v) is 4.11. The zero-order valence-corrected chi connectivity index (χ0v) is 12.6. The van der Waals surface area contributed by atoms with E-state index in [4.69, 9.17) is 0 Å².